The maximum atomic E-state index is 13.5. The lowest BCUT2D eigenvalue weighted by atomic mass is 9.95. The van der Waals surface area contributed by atoms with Crippen molar-refractivity contribution < 1.29 is 29.0 Å². The Labute approximate surface area is 184 Å². The summed E-state index contributed by atoms with van der Waals surface area (Å²) in [6, 6.07) is 12.3. The summed E-state index contributed by atoms with van der Waals surface area (Å²) in [6.45, 7) is 0.804. The van der Waals surface area contributed by atoms with Gasteiger partial charge in [-0.15, -0.1) is 0 Å². The lowest BCUT2D eigenvalue weighted by Gasteiger charge is -2.27. The third-order valence-corrected chi connectivity index (χ3v) is 5.47. The number of aliphatic hydroxyl groups excluding tert-OH is 1. The minimum Gasteiger partial charge on any atom is -0.508 e. The number of nitrogens with zero attached hydrogens (tertiary/aromatic N) is 2. The maximum absolute atomic E-state index is 13.5. The van der Waals surface area contributed by atoms with Crippen molar-refractivity contribution in [2.75, 3.05) is 34.3 Å². The van der Waals surface area contributed by atoms with Crippen LogP contribution in [-0.4, -0.2) is 66.0 Å². The molecule has 1 unspecified atom stereocenters. The van der Waals surface area contributed by atoms with Crippen LogP contribution in [0.15, 0.2) is 64.3 Å². The highest BCUT2D eigenvalue weighted by molar-refractivity contribution is 6.16. The molecule has 2 N–H and O–H groups in total. The summed E-state index contributed by atoms with van der Waals surface area (Å²) in [5, 5.41) is 21.4. The van der Waals surface area contributed by atoms with Crippen LogP contribution in [0.4, 0.5) is 0 Å². The van der Waals surface area contributed by atoms with E-state index >= 15 is 0 Å². The van der Waals surface area contributed by atoms with Crippen LogP contribution in [0.2, 0.25) is 0 Å². The summed E-state index contributed by atoms with van der Waals surface area (Å²) < 4.78 is 11.1. The Hall–Kier alpha value is -3.78. The van der Waals surface area contributed by atoms with Gasteiger partial charge in [0.15, 0.2) is 22.9 Å². The van der Waals surface area contributed by atoms with Gasteiger partial charge in [-0.2, -0.15) is 0 Å². The summed E-state index contributed by atoms with van der Waals surface area (Å²) in [5.74, 6) is -1.41. The monoisotopic (exact) mass is 436 g/mol. The number of furan rings is 1. The number of carbonyl (C=O) groups excluding carboxylic acids is 2. The van der Waals surface area contributed by atoms with E-state index in [-0.39, 0.29) is 23.6 Å². The number of phenolic OH excluding ortho intramolecular Hbond substituents is 1. The summed E-state index contributed by atoms with van der Waals surface area (Å²) in [7, 11) is 5.24. The van der Waals surface area contributed by atoms with E-state index in [1.165, 1.54) is 24.1 Å². The molecule has 0 saturated carbocycles. The Bertz CT molecular complexity index is 1230. The third kappa shape index (κ3) is 3.69. The zero-order valence-electron chi connectivity index (χ0n) is 18.0. The summed E-state index contributed by atoms with van der Waals surface area (Å²) in [5.41, 5.74) is 0.830. The average molecular weight is 436 g/mol. The highest BCUT2D eigenvalue weighted by Crippen LogP contribution is 2.40. The second-order valence-electron chi connectivity index (χ2n) is 7.88. The number of benzene rings is 2. The van der Waals surface area contributed by atoms with Crippen LogP contribution in [0, 0.1) is 0 Å². The molecule has 2 heterocycles. The normalized spacial score (nSPS) is 16.4. The van der Waals surface area contributed by atoms with Crippen molar-refractivity contribution in [3.63, 3.8) is 0 Å². The second-order valence-corrected chi connectivity index (χ2v) is 7.88. The van der Waals surface area contributed by atoms with Crippen molar-refractivity contribution >= 4 is 22.7 Å². The van der Waals surface area contributed by atoms with Crippen molar-refractivity contribution in [2.45, 2.75) is 6.04 Å². The van der Waals surface area contributed by atoms with Gasteiger partial charge in [0.05, 0.1) is 18.7 Å². The van der Waals surface area contributed by atoms with E-state index in [9.17, 15) is 19.8 Å². The largest absolute Gasteiger partial charge is 0.508 e. The van der Waals surface area contributed by atoms with E-state index in [1.54, 1.807) is 36.4 Å². The van der Waals surface area contributed by atoms with Crippen LogP contribution in [0.3, 0.4) is 0 Å². The number of methoxy groups -OCH3 is 1. The molecule has 0 aliphatic carbocycles. The Kier molecular flexibility index (Phi) is 5.63. The Morgan fingerprint density at radius 3 is 2.59 bits per heavy atom. The molecule has 2 aromatic carbocycles. The number of fused-ring (bicyclic) bond motifs is 1. The number of rotatable bonds is 7. The number of likely N-dealkylation sites (N-methyl/N-ethyl adjacent to an activating group) is 1. The van der Waals surface area contributed by atoms with Crippen LogP contribution >= 0.6 is 0 Å². The van der Waals surface area contributed by atoms with Crippen LogP contribution in [0.5, 0.6) is 11.5 Å². The van der Waals surface area contributed by atoms with E-state index in [4.69, 9.17) is 9.15 Å². The Balaban J connectivity index is 1.81. The molecule has 0 bridgehead atoms. The van der Waals surface area contributed by atoms with E-state index in [0.29, 0.717) is 28.8 Å². The molecule has 4 rings (SSSR count). The minimum absolute atomic E-state index is 0.00540. The number of amides is 1. The number of para-hydroxylation sites is 1. The molecular weight excluding hydrogens is 412 g/mol. The number of hydrogen-bond donors (Lipinski definition) is 2. The molecule has 3 aromatic rings. The SMILES string of the molecule is COc1cccc2cc(C(=O)C3=C(O)C(=O)N(CCN(C)C)C3c3cccc(O)c3)oc12. The van der Waals surface area contributed by atoms with Crippen molar-refractivity contribution in [1.29, 1.82) is 0 Å². The van der Waals surface area contributed by atoms with Gasteiger partial charge in [-0.1, -0.05) is 24.3 Å². The first-order valence-corrected chi connectivity index (χ1v) is 10.1. The third-order valence-electron chi connectivity index (χ3n) is 5.47. The molecule has 1 atom stereocenters. The molecule has 1 aliphatic heterocycles. The number of Topliss-reactive ketones (excluding diaryl/α,β-unsaturated/α-hetero) is 1. The van der Waals surface area contributed by atoms with E-state index in [0.717, 1.165) is 0 Å². The molecule has 1 aliphatic rings. The number of ether oxygens (including phenoxy) is 1. The van der Waals surface area contributed by atoms with Gasteiger partial charge < -0.3 is 29.2 Å². The van der Waals surface area contributed by atoms with Gasteiger partial charge in [0.25, 0.3) is 5.91 Å². The number of carbonyl (C=O) groups is 2. The quantitative estimate of drug-likeness (QED) is 0.548. The molecule has 8 heteroatoms. The van der Waals surface area contributed by atoms with E-state index < -0.39 is 23.5 Å². The highest BCUT2D eigenvalue weighted by atomic mass is 16.5. The molecule has 0 spiro atoms. The molecule has 0 fully saturated rings. The fourth-order valence-electron chi connectivity index (χ4n) is 3.91. The van der Waals surface area contributed by atoms with Crippen molar-refractivity contribution in [2.24, 2.45) is 0 Å². The Morgan fingerprint density at radius 2 is 1.91 bits per heavy atom. The van der Waals surface area contributed by atoms with Crippen LogP contribution in [0.25, 0.3) is 11.0 Å². The van der Waals surface area contributed by atoms with Gasteiger partial charge in [-0.05, 0) is 43.9 Å². The minimum atomic E-state index is -0.864. The molecule has 0 saturated heterocycles. The fraction of sp³-hybridized carbons (Fsp3) is 0.250. The van der Waals surface area contributed by atoms with Gasteiger partial charge in [0, 0.05) is 18.5 Å². The van der Waals surface area contributed by atoms with Crippen molar-refractivity contribution in [3.05, 3.63) is 71.2 Å². The van der Waals surface area contributed by atoms with Gasteiger partial charge in [-0.3, -0.25) is 9.59 Å². The topological polar surface area (TPSA) is 103 Å². The van der Waals surface area contributed by atoms with Gasteiger partial charge in [-0.25, -0.2) is 0 Å². The highest BCUT2D eigenvalue weighted by Gasteiger charge is 2.44. The standard InChI is InChI=1S/C24H24N2O6/c1-25(2)10-11-26-20(14-6-4-8-16(27)12-14)19(22(29)24(26)30)21(28)18-13-15-7-5-9-17(31-3)23(15)32-18/h4-9,12-13,20,27,29H,10-11H2,1-3H3. The van der Waals surface area contributed by atoms with E-state index in [2.05, 4.69) is 0 Å². The number of ketones is 1. The zero-order valence-corrected chi connectivity index (χ0v) is 18.0. The van der Waals surface area contributed by atoms with Crippen LogP contribution < -0.4 is 4.74 Å². The first kappa shape index (κ1) is 21.5. The lowest BCUT2D eigenvalue weighted by Crippen LogP contribution is -2.36. The zero-order chi connectivity index (χ0) is 23.0. The first-order chi connectivity index (χ1) is 15.3. The van der Waals surface area contributed by atoms with Gasteiger partial charge >= 0.3 is 0 Å². The van der Waals surface area contributed by atoms with Gasteiger partial charge in [0.1, 0.15) is 5.75 Å². The summed E-state index contributed by atoms with van der Waals surface area (Å²) in [4.78, 5) is 29.8. The number of aromatic hydroxyl groups is 1. The number of hydrogen-bond acceptors (Lipinski definition) is 7. The fourth-order valence-corrected chi connectivity index (χ4v) is 3.91. The molecule has 32 heavy (non-hydrogen) atoms. The summed E-state index contributed by atoms with van der Waals surface area (Å²) in [6.07, 6.45) is 0. The predicted octanol–water partition coefficient (Wildman–Crippen LogP) is 3.29. The maximum Gasteiger partial charge on any atom is 0.290 e. The molecule has 0 radical (unpaired) electrons. The molecule has 1 amide bonds. The van der Waals surface area contributed by atoms with Crippen LogP contribution in [0.1, 0.15) is 22.2 Å². The molecule has 8 nitrogen and oxygen atoms in total. The molecule has 166 valence electrons. The van der Waals surface area contributed by atoms with Crippen LogP contribution in [-0.2, 0) is 4.79 Å². The van der Waals surface area contributed by atoms with E-state index in [1.807, 2.05) is 19.0 Å². The average Bonchev–Trinajstić information content (AvgIpc) is 3.31. The van der Waals surface area contributed by atoms with Crippen molar-refractivity contribution in [3.8, 4) is 11.5 Å². The predicted molar refractivity (Wildman–Crippen MR) is 118 cm³/mol. The molecular formula is C24H24N2O6. The first-order valence-electron chi connectivity index (χ1n) is 10.1. The number of aliphatic hydroxyl groups is 1. The van der Waals surface area contributed by atoms with Crippen molar-refractivity contribution in [1.82, 2.24) is 9.80 Å². The lowest BCUT2D eigenvalue weighted by molar-refractivity contribution is -0.129. The van der Waals surface area contributed by atoms with Gasteiger partial charge in [0.2, 0.25) is 5.78 Å². The Morgan fingerprint density at radius 1 is 1.16 bits per heavy atom. The number of phenols is 1. The summed E-state index contributed by atoms with van der Waals surface area (Å²) >= 11 is 0. The molecule has 1 aromatic heterocycles. The second kappa shape index (κ2) is 8.39. The smallest absolute Gasteiger partial charge is 0.290 e.